The molecule has 1 aliphatic heterocycles. The van der Waals surface area contributed by atoms with Crippen molar-refractivity contribution in [3.63, 3.8) is 0 Å². The van der Waals surface area contributed by atoms with E-state index in [1.54, 1.807) is 6.07 Å². The van der Waals surface area contributed by atoms with Crippen LogP contribution in [-0.4, -0.2) is 37.1 Å². The highest BCUT2D eigenvalue weighted by Crippen LogP contribution is 2.13. The average Bonchev–Trinajstić information content (AvgIpc) is 2.45. The number of amides is 2. The largest absolute Gasteiger partial charge is 0.353 e. The molecule has 1 aromatic heterocycles. The number of pyridine rings is 1. The van der Waals surface area contributed by atoms with Crippen LogP contribution in [0.3, 0.4) is 0 Å². The fourth-order valence-corrected chi connectivity index (χ4v) is 1.97. The average molecular weight is 279 g/mol. The summed E-state index contributed by atoms with van der Waals surface area (Å²) in [6.07, 6.45) is 3.05. The fourth-order valence-electron chi connectivity index (χ4n) is 1.97. The molecule has 2 heterocycles. The van der Waals surface area contributed by atoms with Crippen molar-refractivity contribution in [1.29, 1.82) is 0 Å². The Labute approximate surface area is 118 Å². The van der Waals surface area contributed by atoms with Crippen molar-refractivity contribution in [3.8, 4) is 0 Å². The molecule has 1 atom stereocenters. The summed E-state index contributed by atoms with van der Waals surface area (Å²) in [6, 6.07) is 5.19. The second-order valence-electron chi connectivity index (χ2n) is 4.71. The molecule has 0 saturated carbocycles. The van der Waals surface area contributed by atoms with Gasteiger partial charge in [0.25, 0.3) is 0 Å². The number of carbonyl (C=O) groups excluding carboxylic acids is 1. The van der Waals surface area contributed by atoms with Crippen molar-refractivity contribution < 1.29 is 14.3 Å². The Balaban J connectivity index is 1.60. The van der Waals surface area contributed by atoms with Gasteiger partial charge in [0.2, 0.25) is 0 Å². The molecule has 2 rings (SSSR count). The van der Waals surface area contributed by atoms with Gasteiger partial charge >= 0.3 is 6.03 Å². The molecule has 0 aliphatic carbocycles. The van der Waals surface area contributed by atoms with Gasteiger partial charge in [-0.15, -0.1) is 0 Å². The number of rotatable bonds is 5. The lowest BCUT2D eigenvalue weighted by atomic mass is 10.2. The highest BCUT2D eigenvalue weighted by Gasteiger charge is 2.13. The molecular formula is C14H21N3O3. The maximum atomic E-state index is 11.6. The summed E-state index contributed by atoms with van der Waals surface area (Å²) in [5.74, 6) is 0.541. The molecule has 1 aromatic rings. The predicted molar refractivity (Wildman–Crippen MR) is 75.5 cm³/mol. The molecule has 20 heavy (non-hydrogen) atoms. The molecule has 0 spiro atoms. The van der Waals surface area contributed by atoms with Crippen molar-refractivity contribution in [2.45, 2.75) is 32.5 Å². The molecule has 1 fully saturated rings. The molecule has 1 saturated heterocycles. The van der Waals surface area contributed by atoms with Crippen LogP contribution in [0.2, 0.25) is 0 Å². The van der Waals surface area contributed by atoms with Gasteiger partial charge in [0.05, 0.1) is 6.61 Å². The Morgan fingerprint density at radius 3 is 3.15 bits per heavy atom. The number of urea groups is 1. The lowest BCUT2D eigenvalue weighted by molar-refractivity contribution is -0.160. The minimum absolute atomic E-state index is 0.118. The number of hydrogen-bond acceptors (Lipinski definition) is 4. The van der Waals surface area contributed by atoms with Gasteiger partial charge in [-0.3, -0.25) is 5.32 Å². The topological polar surface area (TPSA) is 72.5 Å². The number of ether oxygens (including phenoxy) is 2. The van der Waals surface area contributed by atoms with E-state index < -0.39 is 0 Å². The minimum atomic E-state index is -0.281. The zero-order valence-corrected chi connectivity index (χ0v) is 11.7. The number of aryl methyl sites for hydroxylation is 1. The summed E-state index contributed by atoms with van der Waals surface area (Å²) in [7, 11) is 0. The predicted octanol–water partition coefficient (Wildman–Crippen LogP) is 2.05. The Hall–Kier alpha value is -1.66. The van der Waals surface area contributed by atoms with Crippen molar-refractivity contribution in [2.75, 3.05) is 25.1 Å². The summed E-state index contributed by atoms with van der Waals surface area (Å²) in [6.45, 7) is 3.52. The summed E-state index contributed by atoms with van der Waals surface area (Å²) < 4.78 is 11.0. The molecule has 110 valence electrons. The second-order valence-corrected chi connectivity index (χ2v) is 4.71. The highest BCUT2D eigenvalue weighted by molar-refractivity contribution is 5.88. The SMILES string of the molecule is Cc1cccc(NC(=O)NCCO[C@@H]2CCCCO2)n1. The second kappa shape index (κ2) is 7.81. The van der Waals surface area contributed by atoms with E-state index in [4.69, 9.17) is 9.47 Å². The molecule has 0 aromatic carbocycles. The first kappa shape index (κ1) is 14.7. The van der Waals surface area contributed by atoms with Crippen molar-refractivity contribution >= 4 is 11.8 Å². The van der Waals surface area contributed by atoms with Crippen LogP contribution in [0.5, 0.6) is 0 Å². The van der Waals surface area contributed by atoms with E-state index in [0.29, 0.717) is 19.0 Å². The van der Waals surface area contributed by atoms with Crippen molar-refractivity contribution in [3.05, 3.63) is 23.9 Å². The molecule has 0 radical (unpaired) electrons. The van der Waals surface area contributed by atoms with Gasteiger partial charge in [-0.2, -0.15) is 0 Å². The van der Waals surface area contributed by atoms with E-state index in [-0.39, 0.29) is 12.3 Å². The van der Waals surface area contributed by atoms with Crippen LogP contribution in [-0.2, 0) is 9.47 Å². The van der Waals surface area contributed by atoms with Crippen LogP contribution >= 0.6 is 0 Å². The fraction of sp³-hybridized carbons (Fsp3) is 0.571. The Bertz CT molecular complexity index is 433. The first-order valence-corrected chi connectivity index (χ1v) is 6.96. The number of aromatic nitrogens is 1. The summed E-state index contributed by atoms with van der Waals surface area (Å²) in [4.78, 5) is 15.8. The van der Waals surface area contributed by atoms with E-state index in [1.807, 2.05) is 19.1 Å². The molecule has 2 N–H and O–H groups in total. The van der Waals surface area contributed by atoms with Gasteiger partial charge in [-0.25, -0.2) is 9.78 Å². The van der Waals surface area contributed by atoms with Gasteiger partial charge in [-0.05, 0) is 38.3 Å². The summed E-state index contributed by atoms with van der Waals surface area (Å²) in [5.41, 5.74) is 0.862. The van der Waals surface area contributed by atoms with E-state index in [9.17, 15) is 4.79 Å². The third kappa shape index (κ3) is 5.14. The first-order chi connectivity index (χ1) is 9.74. The molecule has 0 unspecified atom stereocenters. The zero-order chi connectivity index (χ0) is 14.2. The number of nitrogens with one attached hydrogen (secondary N) is 2. The molecular weight excluding hydrogens is 258 g/mol. The van der Waals surface area contributed by atoms with Gasteiger partial charge in [0.15, 0.2) is 6.29 Å². The van der Waals surface area contributed by atoms with Crippen LogP contribution < -0.4 is 10.6 Å². The van der Waals surface area contributed by atoms with Gasteiger partial charge in [-0.1, -0.05) is 6.07 Å². The zero-order valence-electron chi connectivity index (χ0n) is 11.7. The monoisotopic (exact) mass is 279 g/mol. The quantitative estimate of drug-likeness (QED) is 0.809. The highest BCUT2D eigenvalue weighted by atomic mass is 16.7. The maximum Gasteiger partial charge on any atom is 0.320 e. The molecule has 1 aliphatic rings. The van der Waals surface area contributed by atoms with E-state index in [0.717, 1.165) is 31.6 Å². The van der Waals surface area contributed by atoms with E-state index in [1.165, 1.54) is 0 Å². The Kier molecular flexibility index (Phi) is 5.76. The van der Waals surface area contributed by atoms with Gasteiger partial charge < -0.3 is 14.8 Å². The third-order valence-electron chi connectivity index (χ3n) is 2.96. The number of hydrogen-bond donors (Lipinski definition) is 2. The Morgan fingerprint density at radius 2 is 2.40 bits per heavy atom. The summed E-state index contributed by atoms with van der Waals surface area (Å²) in [5, 5.41) is 5.39. The molecule has 6 nitrogen and oxygen atoms in total. The summed E-state index contributed by atoms with van der Waals surface area (Å²) >= 11 is 0. The molecule has 2 amide bonds. The van der Waals surface area contributed by atoms with Crippen LogP contribution in [0.1, 0.15) is 25.0 Å². The molecule has 0 bridgehead atoms. The minimum Gasteiger partial charge on any atom is -0.353 e. The van der Waals surface area contributed by atoms with Gasteiger partial charge in [0.1, 0.15) is 5.82 Å². The number of carbonyl (C=O) groups is 1. The maximum absolute atomic E-state index is 11.6. The number of anilines is 1. The first-order valence-electron chi connectivity index (χ1n) is 6.96. The van der Waals surface area contributed by atoms with Crippen LogP contribution in [0.25, 0.3) is 0 Å². The van der Waals surface area contributed by atoms with E-state index >= 15 is 0 Å². The van der Waals surface area contributed by atoms with Crippen LogP contribution in [0, 0.1) is 6.92 Å². The normalized spacial score (nSPS) is 18.6. The van der Waals surface area contributed by atoms with Gasteiger partial charge in [0, 0.05) is 18.8 Å². The van der Waals surface area contributed by atoms with E-state index in [2.05, 4.69) is 15.6 Å². The smallest absolute Gasteiger partial charge is 0.320 e. The number of nitrogens with zero attached hydrogens (tertiary/aromatic N) is 1. The molecule has 6 heteroatoms. The van der Waals surface area contributed by atoms with Crippen molar-refractivity contribution in [2.24, 2.45) is 0 Å². The third-order valence-corrected chi connectivity index (χ3v) is 2.96. The Morgan fingerprint density at radius 1 is 1.50 bits per heavy atom. The standard InChI is InChI=1S/C14H21N3O3/c1-11-5-4-6-12(16-11)17-14(18)15-8-10-20-13-7-2-3-9-19-13/h4-6,13H,2-3,7-10H2,1H3,(H2,15,16,17,18)/t13-/m1/s1. The van der Waals surface area contributed by atoms with Crippen LogP contribution in [0.15, 0.2) is 18.2 Å². The lowest BCUT2D eigenvalue weighted by Gasteiger charge is -2.22. The van der Waals surface area contributed by atoms with Crippen LogP contribution in [0.4, 0.5) is 10.6 Å². The lowest BCUT2D eigenvalue weighted by Crippen LogP contribution is -2.33. The van der Waals surface area contributed by atoms with Crippen molar-refractivity contribution in [1.82, 2.24) is 10.3 Å².